The maximum atomic E-state index is 13.6. The fourth-order valence-corrected chi connectivity index (χ4v) is 7.75. The molecule has 9 nitrogen and oxygen atoms in total. The molecule has 6 rings (SSSR count). The van der Waals surface area contributed by atoms with E-state index in [9.17, 15) is 24.3 Å². The summed E-state index contributed by atoms with van der Waals surface area (Å²) >= 11 is 0. The zero-order valence-electron chi connectivity index (χ0n) is 32.5. The number of benzene rings is 4. The molecule has 0 aliphatic carbocycles. The number of ketones is 4. The summed E-state index contributed by atoms with van der Waals surface area (Å²) in [5, 5.41) is 14.3. The summed E-state index contributed by atoms with van der Waals surface area (Å²) in [4.78, 5) is 56.6. The van der Waals surface area contributed by atoms with Crippen molar-refractivity contribution in [3.8, 4) is 5.75 Å². The number of aryl methyl sites for hydroxylation is 1. The minimum atomic E-state index is -0.225. The van der Waals surface area contributed by atoms with E-state index in [-0.39, 0.29) is 47.3 Å². The number of rotatable bonds is 18. The smallest absolute Gasteiger partial charge is 0.163 e. The molecule has 2 heterocycles. The Morgan fingerprint density at radius 1 is 0.593 bits per heavy atom. The van der Waals surface area contributed by atoms with Crippen LogP contribution in [0.15, 0.2) is 66.7 Å². The number of aromatic hydroxyl groups is 1. The van der Waals surface area contributed by atoms with Crippen molar-refractivity contribution in [2.24, 2.45) is 0 Å². The van der Waals surface area contributed by atoms with Gasteiger partial charge in [-0.05, 0) is 114 Å². The molecule has 0 aliphatic heterocycles. The van der Waals surface area contributed by atoms with Crippen molar-refractivity contribution in [1.82, 2.24) is 18.9 Å². The Bertz CT molecular complexity index is 2390. The highest BCUT2D eigenvalue weighted by Gasteiger charge is 2.20. The SMILES string of the molecule is CCC(=O)c1ccc2c(c1)c1cc(C(=O)CCCC(=O)c3ccc4c(c3)c3cc(C(C)=O)c(O)cc3n4CCN(CC)CC)ccc1n2CCCN(C)C. The van der Waals surface area contributed by atoms with Gasteiger partial charge in [-0.2, -0.15) is 0 Å². The van der Waals surface area contributed by atoms with Crippen LogP contribution in [0.1, 0.15) is 101 Å². The zero-order valence-corrected chi connectivity index (χ0v) is 32.5. The Hall–Kier alpha value is -5.12. The standard InChI is InChI=1S/C45H52N4O5/c1-7-42(51)30-14-17-38-34(24-30)35-25-31(15-18-39(35)48(38)21-11-20-46(5)6)43(52)12-10-13-44(53)32-16-19-40-36(26-32)37-27-33(29(4)50)45(54)28-41(37)49(40)23-22-47(8-2)9-3/h14-19,24-28,54H,7-13,20-23H2,1-6H3. The lowest BCUT2D eigenvalue weighted by Gasteiger charge is -2.19. The monoisotopic (exact) mass is 728 g/mol. The number of phenols is 1. The van der Waals surface area contributed by atoms with Crippen molar-refractivity contribution >= 4 is 66.7 Å². The topological polar surface area (TPSA) is 105 Å². The highest BCUT2D eigenvalue weighted by atomic mass is 16.3. The van der Waals surface area contributed by atoms with Crippen molar-refractivity contribution < 1.29 is 24.3 Å². The Morgan fingerprint density at radius 3 is 1.54 bits per heavy atom. The molecule has 0 atom stereocenters. The van der Waals surface area contributed by atoms with Gasteiger partial charge in [0.25, 0.3) is 0 Å². The molecule has 1 N–H and O–H groups in total. The molecular weight excluding hydrogens is 677 g/mol. The van der Waals surface area contributed by atoms with Gasteiger partial charge in [0.2, 0.25) is 0 Å². The average molecular weight is 729 g/mol. The molecule has 0 spiro atoms. The molecule has 4 aromatic carbocycles. The third-order valence-electron chi connectivity index (χ3n) is 10.8. The minimum absolute atomic E-state index is 0.0257. The fraction of sp³-hybridized carbons (Fsp3) is 0.378. The van der Waals surface area contributed by atoms with E-state index in [1.165, 1.54) is 6.92 Å². The van der Waals surface area contributed by atoms with Crippen molar-refractivity contribution in [3.63, 3.8) is 0 Å². The number of hydrogen-bond donors (Lipinski definition) is 1. The molecule has 0 unspecified atom stereocenters. The first-order valence-electron chi connectivity index (χ1n) is 19.3. The Morgan fingerprint density at radius 2 is 1.07 bits per heavy atom. The number of aromatic nitrogens is 2. The van der Waals surface area contributed by atoms with E-state index in [1.54, 1.807) is 12.1 Å². The normalized spacial score (nSPS) is 11.9. The number of likely N-dealkylation sites (N-methyl/N-ethyl adjacent to an activating group) is 1. The molecule has 6 aromatic rings. The summed E-state index contributed by atoms with van der Waals surface area (Å²) < 4.78 is 4.43. The molecule has 0 amide bonds. The lowest BCUT2D eigenvalue weighted by atomic mass is 9.98. The van der Waals surface area contributed by atoms with Crippen molar-refractivity contribution in [2.75, 3.05) is 40.3 Å². The van der Waals surface area contributed by atoms with Gasteiger partial charge in [-0.25, -0.2) is 0 Å². The minimum Gasteiger partial charge on any atom is -0.507 e. The van der Waals surface area contributed by atoms with Crippen LogP contribution in [0.4, 0.5) is 0 Å². The highest BCUT2D eigenvalue weighted by Crippen LogP contribution is 2.35. The van der Waals surface area contributed by atoms with Crippen LogP contribution < -0.4 is 0 Å². The van der Waals surface area contributed by atoms with Crippen LogP contribution in [0.2, 0.25) is 0 Å². The Labute approximate surface area is 317 Å². The molecule has 0 radical (unpaired) electrons. The molecule has 0 aliphatic rings. The third kappa shape index (κ3) is 7.74. The first-order chi connectivity index (χ1) is 25.9. The lowest BCUT2D eigenvalue weighted by molar-refractivity contribution is 0.0952. The average Bonchev–Trinajstić information content (AvgIpc) is 3.64. The van der Waals surface area contributed by atoms with Crippen LogP contribution in [-0.2, 0) is 13.1 Å². The number of carbonyl (C=O) groups is 4. The van der Waals surface area contributed by atoms with E-state index < -0.39 is 0 Å². The highest BCUT2D eigenvalue weighted by molar-refractivity contribution is 6.15. The summed E-state index contributed by atoms with van der Waals surface area (Å²) in [6.07, 6.45) is 2.24. The maximum absolute atomic E-state index is 13.6. The molecule has 2 aromatic heterocycles. The summed E-state index contributed by atoms with van der Waals surface area (Å²) in [5.74, 6) is -0.269. The third-order valence-corrected chi connectivity index (χ3v) is 10.8. The molecule has 0 bridgehead atoms. The van der Waals surface area contributed by atoms with Gasteiger partial charge in [0, 0.05) is 99.7 Å². The molecular formula is C45H52N4O5. The number of nitrogens with zero attached hydrogens (tertiary/aromatic N) is 4. The van der Waals surface area contributed by atoms with Gasteiger partial charge >= 0.3 is 0 Å². The maximum Gasteiger partial charge on any atom is 0.163 e. The van der Waals surface area contributed by atoms with E-state index in [2.05, 4.69) is 46.9 Å². The molecule has 0 saturated heterocycles. The van der Waals surface area contributed by atoms with Gasteiger partial charge in [-0.3, -0.25) is 19.2 Å². The van der Waals surface area contributed by atoms with Gasteiger partial charge in [-0.1, -0.05) is 20.8 Å². The summed E-state index contributed by atoms with van der Waals surface area (Å²) in [6.45, 7) is 12.7. The Balaban J connectivity index is 1.23. The first kappa shape index (κ1) is 38.6. The predicted octanol–water partition coefficient (Wildman–Crippen LogP) is 8.93. The van der Waals surface area contributed by atoms with E-state index >= 15 is 0 Å². The van der Waals surface area contributed by atoms with Crippen LogP contribution in [-0.4, -0.2) is 87.4 Å². The summed E-state index contributed by atoms with van der Waals surface area (Å²) in [5.41, 5.74) is 5.90. The van der Waals surface area contributed by atoms with Crippen LogP contribution in [0, 0.1) is 0 Å². The molecule has 9 heteroatoms. The second-order valence-electron chi connectivity index (χ2n) is 14.6. The lowest BCUT2D eigenvalue weighted by Crippen LogP contribution is -2.26. The van der Waals surface area contributed by atoms with Crippen LogP contribution in [0.3, 0.4) is 0 Å². The van der Waals surface area contributed by atoms with Crippen LogP contribution in [0.5, 0.6) is 5.75 Å². The van der Waals surface area contributed by atoms with Crippen LogP contribution >= 0.6 is 0 Å². The van der Waals surface area contributed by atoms with E-state index in [4.69, 9.17) is 0 Å². The second kappa shape index (κ2) is 16.5. The quantitative estimate of drug-likeness (QED) is 0.0882. The first-order valence-corrected chi connectivity index (χ1v) is 19.3. The largest absolute Gasteiger partial charge is 0.507 e. The van der Waals surface area contributed by atoms with Gasteiger partial charge in [-0.15, -0.1) is 0 Å². The van der Waals surface area contributed by atoms with E-state index in [0.717, 1.165) is 82.8 Å². The zero-order chi connectivity index (χ0) is 38.7. The number of hydrogen-bond acceptors (Lipinski definition) is 7. The molecule has 282 valence electrons. The number of carbonyl (C=O) groups excluding carboxylic acids is 4. The number of phenolic OH excluding ortho intramolecular Hbond substituents is 1. The van der Waals surface area contributed by atoms with Crippen molar-refractivity contribution in [2.45, 2.75) is 72.9 Å². The fourth-order valence-electron chi connectivity index (χ4n) is 7.75. The van der Waals surface area contributed by atoms with Gasteiger partial charge in [0.15, 0.2) is 23.1 Å². The molecule has 54 heavy (non-hydrogen) atoms. The van der Waals surface area contributed by atoms with Gasteiger partial charge in [0.05, 0.1) is 11.1 Å². The molecule has 0 fully saturated rings. The molecule has 0 saturated carbocycles. The van der Waals surface area contributed by atoms with E-state index in [0.29, 0.717) is 36.1 Å². The summed E-state index contributed by atoms with van der Waals surface area (Å²) in [6, 6.07) is 20.8. The van der Waals surface area contributed by atoms with Crippen LogP contribution in [0.25, 0.3) is 43.6 Å². The summed E-state index contributed by atoms with van der Waals surface area (Å²) in [7, 11) is 4.12. The van der Waals surface area contributed by atoms with E-state index in [1.807, 2.05) is 61.5 Å². The predicted molar refractivity (Wildman–Crippen MR) is 219 cm³/mol. The number of Topliss-reactive ketones (excluding diaryl/α,β-unsaturated/α-hetero) is 4. The van der Waals surface area contributed by atoms with Gasteiger partial charge in [0.1, 0.15) is 5.75 Å². The Kier molecular flexibility index (Phi) is 11.8. The van der Waals surface area contributed by atoms with Crippen molar-refractivity contribution in [1.29, 1.82) is 0 Å². The van der Waals surface area contributed by atoms with Crippen molar-refractivity contribution in [3.05, 3.63) is 89.0 Å². The second-order valence-corrected chi connectivity index (χ2v) is 14.6. The van der Waals surface area contributed by atoms with Gasteiger partial charge < -0.3 is 24.0 Å². The number of fused-ring (bicyclic) bond motifs is 6.